The molecule has 1 aromatic heterocycles. The Morgan fingerprint density at radius 3 is 2.38 bits per heavy atom. The van der Waals surface area contributed by atoms with Crippen molar-refractivity contribution in [2.75, 3.05) is 0 Å². The lowest BCUT2D eigenvalue weighted by Gasteiger charge is -2.25. The van der Waals surface area contributed by atoms with E-state index in [-0.39, 0.29) is 6.10 Å². The summed E-state index contributed by atoms with van der Waals surface area (Å²) in [5.74, 6) is 1.37. The highest BCUT2D eigenvalue weighted by Crippen LogP contribution is 2.29. The lowest BCUT2D eigenvalue weighted by Crippen LogP contribution is -2.21. The third-order valence-electron chi connectivity index (χ3n) is 4.56. The van der Waals surface area contributed by atoms with Crippen LogP contribution in [0, 0.1) is 13.5 Å². The largest absolute Gasteiger partial charge is 0.493 e. The number of allylic oxidation sites excluding steroid dienone is 2. The van der Waals surface area contributed by atoms with Gasteiger partial charge in [0.25, 0.3) is 0 Å². The van der Waals surface area contributed by atoms with Crippen LogP contribution in [0.25, 0.3) is 5.70 Å². The molecule has 1 aliphatic heterocycles. The van der Waals surface area contributed by atoms with E-state index in [9.17, 15) is 0 Å². The fourth-order valence-electron chi connectivity index (χ4n) is 2.93. The van der Waals surface area contributed by atoms with Crippen molar-refractivity contribution in [3.8, 4) is 0 Å². The number of rotatable bonds is 7. The van der Waals surface area contributed by atoms with E-state index in [2.05, 4.69) is 65.1 Å². The van der Waals surface area contributed by atoms with E-state index in [4.69, 9.17) is 9.72 Å². The van der Waals surface area contributed by atoms with Crippen LogP contribution in [0.2, 0.25) is 0 Å². The van der Waals surface area contributed by atoms with Gasteiger partial charge in [-0.1, -0.05) is 34.6 Å². The van der Waals surface area contributed by atoms with Crippen molar-refractivity contribution in [3.63, 3.8) is 0 Å². The van der Waals surface area contributed by atoms with Gasteiger partial charge in [-0.05, 0) is 55.9 Å². The van der Waals surface area contributed by atoms with Gasteiger partial charge in [0.2, 0.25) is 0 Å². The zero-order chi connectivity index (χ0) is 17.7. The Bertz CT molecular complexity index is 625. The first-order valence-electron chi connectivity index (χ1n) is 9.19. The van der Waals surface area contributed by atoms with Gasteiger partial charge in [-0.25, -0.2) is 0 Å². The predicted octanol–water partition coefficient (Wildman–Crippen LogP) is 5.49. The van der Waals surface area contributed by atoms with E-state index in [1.54, 1.807) is 0 Å². The molecule has 2 heterocycles. The van der Waals surface area contributed by atoms with Crippen LogP contribution in [-0.2, 0) is 4.74 Å². The van der Waals surface area contributed by atoms with Gasteiger partial charge in [0.1, 0.15) is 12.3 Å². The number of nitrogens with zero attached hydrogens (tertiary/aromatic N) is 1. The molecule has 0 unspecified atom stereocenters. The Morgan fingerprint density at radius 1 is 1.12 bits per heavy atom. The first-order chi connectivity index (χ1) is 11.5. The fourth-order valence-corrected chi connectivity index (χ4v) is 2.93. The molecular formula is C21H31N2O. The molecule has 131 valence electrons. The minimum absolute atomic E-state index is 0.280. The average molecular weight is 327 g/mol. The number of ether oxygens (including phenoxy) is 1. The molecule has 1 aliphatic rings. The van der Waals surface area contributed by atoms with Crippen molar-refractivity contribution in [2.24, 2.45) is 0 Å². The maximum absolute atomic E-state index is 6.08. The summed E-state index contributed by atoms with van der Waals surface area (Å²) in [6.45, 7) is 14.9. The highest BCUT2D eigenvalue weighted by atomic mass is 16.5. The lowest BCUT2D eigenvalue weighted by molar-refractivity contribution is 0.112. The Kier molecular flexibility index (Phi) is 6.47. The van der Waals surface area contributed by atoms with Crippen LogP contribution in [0.3, 0.4) is 0 Å². The van der Waals surface area contributed by atoms with Gasteiger partial charge >= 0.3 is 0 Å². The summed E-state index contributed by atoms with van der Waals surface area (Å²) in [5, 5.41) is 3.45. The standard InChI is InChI=1S/C21H31N2O/c1-7-16-12-18(24-17(8-2)9-3)13-22-21(16)19-10-11-20(14(4)5)23-15(19)6/h10-14,17,22H,7-9H2,1-6H3. The lowest BCUT2D eigenvalue weighted by atomic mass is 9.98. The first kappa shape index (κ1) is 18.6. The van der Waals surface area contributed by atoms with Gasteiger partial charge in [0.15, 0.2) is 0 Å². The van der Waals surface area contributed by atoms with Gasteiger partial charge in [0.05, 0.1) is 6.10 Å². The topological polar surface area (TPSA) is 34.2 Å². The second-order valence-corrected chi connectivity index (χ2v) is 6.67. The summed E-state index contributed by atoms with van der Waals surface area (Å²) in [6, 6.07) is 4.32. The summed E-state index contributed by atoms with van der Waals surface area (Å²) < 4.78 is 6.08. The Labute approximate surface area is 147 Å². The van der Waals surface area contributed by atoms with Crippen LogP contribution < -0.4 is 5.32 Å². The molecule has 3 heteroatoms. The van der Waals surface area contributed by atoms with Crippen molar-refractivity contribution in [2.45, 2.75) is 72.8 Å². The normalized spacial score (nSPS) is 14.9. The van der Waals surface area contributed by atoms with E-state index in [0.717, 1.165) is 42.1 Å². The SMILES string of the molecule is CCC1=C(c2ccc(C(C)C)nc2C)N[CH]C(OC(CC)CC)=C1. The number of aryl methyl sites for hydroxylation is 1. The van der Waals surface area contributed by atoms with E-state index in [0.29, 0.717) is 5.92 Å². The molecule has 0 aromatic carbocycles. The Balaban J connectivity index is 2.32. The quantitative estimate of drug-likeness (QED) is 0.719. The zero-order valence-electron chi connectivity index (χ0n) is 15.9. The summed E-state index contributed by atoms with van der Waals surface area (Å²) >= 11 is 0. The minimum atomic E-state index is 0.280. The van der Waals surface area contributed by atoms with Crippen molar-refractivity contribution >= 4 is 5.70 Å². The molecule has 0 atom stereocenters. The minimum Gasteiger partial charge on any atom is -0.493 e. The third-order valence-corrected chi connectivity index (χ3v) is 4.56. The van der Waals surface area contributed by atoms with Gasteiger partial charge in [-0.3, -0.25) is 4.98 Å². The highest BCUT2D eigenvalue weighted by molar-refractivity contribution is 5.73. The van der Waals surface area contributed by atoms with Crippen LogP contribution in [-0.4, -0.2) is 11.1 Å². The van der Waals surface area contributed by atoms with Crippen molar-refractivity contribution in [1.82, 2.24) is 10.3 Å². The monoisotopic (exact) mass is 327 g/mol. The van der Waals surface area contributed by atoms with Crippen LogP contribution >= 0.6 is 0 Å². The molecule has 0 saturated carbocycles. The molecule has 1 radical (unpaired) electrons. The maximum Gasteiger partial charge on any atom is 0.122 e. The van der Waals surface area contributed by atoms with Crippen LogP contribution in [0.4, 0.5) is 0 Å². The summed E-state index contributed by atoms with van der Waals surface area (Å²) in [4.78, 5) is 4.77. The molecule has 0 fully saturated rings. The van der Waals surface area contributed by atoms with Gasteiger partial charge in [0, 0.05) is 22.6 Å². The molecule has 1 N–H and O–H groups in total. The van der Waals surface area contributed by atoms with Crippen molar-refractivity contribution in [1.29, 1.82) is 0 Å². The Morgan fingerprint density at radius 2 is 1.83 bits per heavy atom. The number of dihydropyridines is 1. The predicted molar refractivity (Wildman–Crippen MR) is 101 cm³/mol. The molecule has 24 heavy (non-hydrogen) atoms. The number of pyridine rings is 1. The molecule has 1 aromatic rings. The zero-order valence-corrected chi connectivity index (χ0v) is 15.9. The molecule has 0 spiro atoms. The fraction of sp³-hybridized carbons (Fsp3) is 0.524. The summed E-state index contributed by atoms with van der Waals surface area (Å²) in [6.07, 6.45) is 5.46. The summed E-state index contributed by atoms with van der Waals surface area (Å²) in [5.41, 5.74) is 5.80. The molecular weight excluding hydrogens is 296 g/mol. The van der Waals surface area contributed by atoms with Crippen molar-refractivity contribution in [3.05, 3.63) is 53.0 Å². The molecule has 3 nitrogen and oxygen atoms in total. The van der Waals surface area contributed by atoms with E-state index >= 15 is 0 Å². The highest BCUT2D eigenvalue weighted by Gasteiger charge is 2.19. The number of hydrogen-bond acceptors (Lipinski definition) is 3. The third kappa shape index (κ3) is 4.19. The smallest absolute Gasteiger partial charge is 0.122 e. The van der Waals surface area contributed by atoms with Gasteiger partial charge < -0.3 is 10.1 Å². The van der Waals surface area contributed by atoms with Crippen LogP contribution in [0.5, 0.6) is 0 Å². The number of aromatic nitrogens is 1. The van der Waals surface area contributed by atoms with E-state index in [1.807, 2.05) is 6.54 Å². The van der Waals surface area contributed by atoms with Crippen LogP contribution in [0.1, 0.15) is 76.8 Å². The summed E-state index contributed by atoms with van der Waals surface area (Å²) in [7, 11) is 0. The number of nitrogens with one attached hydrogen (secondary N) is 1. The van der Waals surface area contributed by atoms with Gasteiger partial charge in [-0.2, -0.15) is 0 Å². The van der Waals surface area contributed by atoms with Crippen LogP contribution in [0.15, 0.2) is 29.5 Å². The van der Waals surface area contributed by atoms with Gasteiger partial charge in [-0.15, -0.1) is 0 Å². The molecule has 0 saturated heterocycles. The average Bonchev–Trinajstić information content (AvgIpc) is 2.59. The number of hydrogen-bond donors (Lipinski definition) is 1. The molecule has 0 bridgehead atoms. The second-order valence-electron chi connectivity index (χ2n) is 6.67. The maximum atomic E-state index is 6.08. The van der Waals surface area contributed by atoms with Crippen molar-refractivity contribution < 1.29 is 4.74 Å². The molecule has 0 amide bonds. The van der Waals surface area contributed by atoms with E-state index < -0.39 is 0 Å². The Hall–Kier alpha value is -1.77. The molecule has 0 aliphatic carbocycles. The second kappa shape index (κ2) is 8.36. The van der Waals surface area contributed by atoms with E-state index in [1.165, 1.54) is 11.1 Å². The molecule has 2 rings (SSSR count). The first-order valence-corrected chi connectivity index (χ1v) is 9.19.